The van der Waals surface area contributed by atoms with E-state index in [2.05, 4.69) is 17.5 Å². The fourth-order valence-corrected chi connectivity index (χ4v) is 3.79. The number of carbonyl (C=O) groups is 2. The van der Waals surface area contributed by atoms with Crippen LogP contribution >= 0.6 is 0 Å². The summed E-state index contributed by atoms with van der Waals surface area (Å²) in [6.07, 6.45) is 2.47. The number of nitrogens with zero attached hydrogens (tertiary/aromatic N) is 2. The maximum atomic E-state index is 12.0. The highest BCUT2D eigenvalue weighted by Crippen LogP contribution is 2.57. The van der Waals surface area contributed by atoms with Gasteiger partial charge in [0.1, 0.15) is 6.10 Å². The molecule has 0 unspecified atom stereocenters. The molecule has 1 N–H and O–H groups in total. The molecule has 6 nitrogen and oxygen atoms in total. The van der Waals surface area contributed by atoms with E-state index >= 15 is 0 Å². The molecule has 4 atom stereocenters. The summed E-state index contributed by atoms with van der Waals surface area (Å²) in [6, 6.07) is 10.2. The van der Waals surface area contributed by atoms with Gasteiger partial charge in [-0.3, -0.25) is 9.69 Å². The SMILES string of the molecule is CC(=O)NC[C@H]1CN(c2ccc(C3=C[C@@H]4[C@@H](C#N)[C@@H]4C3)cc2)C(=O)O1. The van der Waals surface area contributed by atoms with Crippen LogP contribution in [0.4, 0.5) is 10.5 Å². The van der Waals surface area contributed by atoms with Crippen molar-refractivity contribution in [3.8, 4) is 6.07 Å². The van der Waals surface area contributed by atoms with E-state index < -0.39 is 0 Å². The van der Waals surface area contributed by atoms with Crippen molar-refractivity contribution in [1.82, 2.24) is 5.32 Å². The number of benzene rings is 1. The first-order chi connectivity index (χ1) is 12.1. The molecule has 1 aromatic carbocycles. The summed E-state index contributed by atoms with van der Waals surface area (Å²) in [5, 5.41) is 11.7. The van der Waals surface area contributed by atoms with Crippen LogP contribution in [0.2, 0.25) is 0 Å². The summed E-state index contributed by atoms with van der Waals surface area (Å²) < 4.78 is 5.28. The third kappa shape index (κ3) is 2.86. The number of cyclic esters (lactones) is 1. The first kappa shape index (κ1) is 15.7. The molecule has 4 rings (SSSR count). The van der Waals surface area contributed by atoms with Gasteiger partial charge in [-0.2, -0.15) is 5.26 Å². The molecule has 1 aliphatic heterocycles. The summed E-state index contributed by atoms with van der Waals surface area (Å²) in [5.41, 5.74) is 3.23. The smallest absolute Gasteiger partial charge is 0.414 e. The summed E-state index contributed by atoms with van der Waals surface area (Å²) in [6.45, 7) is 2.19. The van der Waals surface area contributed by atoms with Gasteiger partial charge in [0, 0.05) is 12.6 Å². The van der Waals surface area contributed by atoms with Crippen LogP contribution in [0.15, 0.2) is 30.3 Å². The Kier molecular flexibility index (Phi) is 3.72. The molecule has 1 saturated heterocycles. The average molecular weight is 337 g/mol. The number of allylic oxidation sites excluding steroid dienone is 2. The second-order valence-corrected chi connectivity index (χ2v) is 6.89. The molecule has 1 saturated carbocycles. The van der Waals surface area contributed by atoms with E-state index in [-0.39, 0.29) is 24.0 Å². The number of rotatable bonds is 4. The van der Waals surface area contributed by atoms with E-state index in [0.29, 0.717) is 24.9 Å². The first-order valence-electron chi connectivity index (χ1n) is 8.50. The van der Waals surface area contributed by atoms with E-state index in [1.807, 2.05) is 24.3 Å². The molecule has 2 amide bonds. The zero-order valence-corrected chi connectivity index (χ0v) is 13.9. The predicted octanol–water partition coefficient (Wildman–Crippen LogP) is 2.32. The molecule has 1 heterocycles. The average Bonchev–Trinajstić information content (AvgIpc) is 2.94. The molecule has 2 fully saturated rings. The summed E-state index contributed by atoms with van der Waals surface area (Å²) in [7, 11) is 0. The van der Waals surface area contributed by atoms with Gasteiger partial charge in [0.25, 0.3) is 0 Å². The number of hydrogen-bond donors (Lipinski definition) is 1. The second-order valence-electron chi connectivity index (χ2n) is 6.89. The van der Waals surface area contributed by atoms with Crippen LogP contribution in [0.25, 0.3) is 5.57 Å². The number of nitriles is 1. The molecule has 0 spiro atoms. The van der Waals surface area contributed by atoms with Crippen LogP contribution in [-0.4, -0.2) is 31.2 Å². The number of fused-ring (bicyclic) bond motifs is 1. The summed E-state index contributed by atoms with van der Waals surface area (Å²) in [5.74, 6) is 1.01. The van der Waals surface area contributed by atoms with Gasteiger partial charge in [-0.05, 0) is 41.5 Å². The number of hydrogen-bond acceptors (Lipinski definition) is 4. The summed E-state index contributed by atoms with van der Waals surface area (Å²) in [4.78, 5) is 24.6. The molecule has 1 aromatic rings. The normalized spacial score (nSPS) is 29.5. The molecule has 0 aromatic heterocycles. The largest absolute Gasteiger partial charge is 0.442 e. The molecule has 0 radical (unpaired) electrons. The molecule has 25 heavy (non-hydrogen) atoms. The third-order valence-corrected chi connectivity index (χ3v) is 5.23. The first-order valence-corrected chi connectivity index (χ1v) is 8.50. The van der Waals surface area contributed by atoms with Crippen molar-refractivity contribution in [3.05, 3.63) is 35.9 Å². The quantitative estimate of drug-likeness (QED) is 0.914. The molecule has 3 aliphatic rings. The maximum Gasteiger partial charge on any atom is 0.414 e. The third-order valence-electron chi connectivity index (χ3n) is 5.23. The van der Waals surface area contributed by atoms with E-state index in [1.165, 1.54) is 12.5 Å². The van der Waals surface area contributed by atoms with Crippen LogP contribution in [-0.2, 0) is 9.53 Å². The van der Waals surface area contributed by atoms with Gasteiger partial charge in [-0.25, -0.2) is 4.79 Å². The Balaban J connectivity index is 1.41. The van der Waals surface area contributed by atoms with Crippen molar-refractivity contribution in [2.75, 3.05) is 18.0 Å². The van der Waals surface area contributed by atoms with Crippen molar-refractivity contribution in [2.24, 2.45) is 17.8 Å². The fraction of sp³-hybridized carbons (Fsp3) is 0.421. The van der Waals surface area contributed by atoms with Gasteiger partial charge < -0.3 is 10.1 Å². The van der Waals surface area contributed by atoms with Gasteiger partial charge in [0.05, 0.1) is 25.1 Å². The highest BCUT2D eigenvalue weighted by atomic mass is 16.6. The maximum absolute atomic E-state index is 12.0. The highest BCUT2D eigenvalue weighted by Gasteiger charge is 2.52. The molecule has 0 bridgehead atoms. The van der Waals surface area contributed by atoms with E-state index in [4.69, 9.17) is 10.00 Å². The Morgan fingerprint density at radius 3 is 2.76 bits per heavy atom. The Hall–Kier alpha value is -2.81. The number of amides is 2. The zero-order chi connectivity index (χ0) is 17.6. The lowest BCUT2D eigenvalue weighted by Crippen LogP contribution is -2.33. The van der Waals surface area contributed by atoms with Crippen LogP contribution in [0.3, 0.4) is 0 Å². The van der Waals surface area contributed by atoms with Crippen LogP contribution in [0.1, 0.15) is 18.9 Å². The number of nitrogens with one attached hydrogen (secondary N) is 1. The molecule has 6 heteroatoms. The van der Waals surface area contributed by atoms with Gasteiger partial charge in [-0.1, -0.05) is 18.2 Å². The van der Waals surface area contributed by atoms with Crippen molar-refractivity contribution in [3.63, 3.8) is 0 Å². The van der Waals surface area contributed by atoms with E-state index in [1.54, 1.807) is 4.90 Å². The Bertz CT molecular complexity index is 793. The molecular weight excluding hydrogens is 318 g/mol. The minimum Gasteiger partial charge on any atom is -0.442 e. The molecule has 128 valence electrons. The number of anilines is 1. The van der Waals surface area contributed by atoms with Crippen LogP contribution in [0, 0.1) is 29.1 Å². The van der Waals surface area contributed by atoms with Gasteiger partial charge in [0.15, 0.2) is 0 Å². The lowest BCUT2D eigenvalue weighted by Gasteiger charge is -2.14. The monoisotopic (exact) mass is 337 g/mol. The second kappa shape index (κ2) is 5.92. The van der Waals surface area contributed by atoms with Gasteiger partial charge in [0.2, 0.25) is 5.91 Å². The Labute approximate surface area is 146 Å². The fourth-order valence-electron chi connectivity index (χ4n) is 3.79. The van der Waals surface area contributed by atoms with Crippen LogP contribution in [0.5, 0.6) is 0 Å². The van der Waals surface area contributed by atoms with Crippen molar-refractivity contribution in [2.45, 2.75) is 19.4 Å². The number of ether oxygens (including phenoxy) is 1. The van der Waals surface area contributed by atoms with Crippen molar-refractivity contribution < 1.29 is 14.3 Å². The van der Waals surface area contributed by atoms with E-state index in [9.17, 15) is 9.59 Å². The minimum atomic E-state index is -0.388. The van der Waals surface area contributed by atoms with Gasteiger partial charge >= 0.3 is 6.09 Å². The van der Waals surface area contributed by atoms with Crippen molar-refractivity contribution >= 4 is 23.3 Å². The molecule has 2 aliphatic carbocycles. The predicted molar refractivity (Wildman–Crippen MR) is 91.4 cm³/mol. The molecular formula is C19H19N3O3. The van der Waals surface area contributed by atoms with Crippen molar-refractivity contribution in [1.29, 1.82) is 5.26 Å². The summed E-state index contributed by atoms with van der Waals surface area (Å²) >= 11 is 0. The highest BCUT2D eigenvalue weighted by molar-refractivity contribution is 5.90. The Morgan fingerprint density at radius 2 is 2.16 bits per heavy atom. The zero-order valence-electron chi connectivity index (χ0n) is 13.9. The van der Waals surface area contributed by atoms with Gasteiger partial charge in [-0.15, -0.1) is 0 Å². The minimum absolute atomic E-state index is 0.139. The van der Waals surface area contributed by atoms with E-state index in [0.717, 1.165) is 17.7 Å². The number of carbonyl (C=O) groups excluding carboxylic acids is 2. The lowest BCUT2D eigenvalue weighted by atomic mass is 10.0. The topological polar surface area (TPSA) is 82.4 Å². The standard InChI is InChI=1S/C19H19N3O3/c1-11(23)21-9-15-10-22(19(24)25-15)14-4-2-12(3-5-14)13-6-16-17(7-13)18(16)8-20/h2-6,15-18H,7,9-10H2,1H3,(H,21,23)/t15-,16-,17+,18+/m0/s1. The lowest BCUT2D eigenvalue weighted by molar-refractivity contribution is -0.119. The van der Waals surface area contributed by atoms with Crippen LogP contribution < -0.4 is 10.2 Å². The Morgan fingerprint density at radius 1 is 1.40 bits per heavy atom.